The van der Waals surface area contributed by atoms with E-state index in [1.165, 1.54) is 23.6 Å². The Morgan fingerprint density at radius 3 is 2.41 bits per heavy atom. The third-order valence-electron chi connectivity index (χ3n) is 4.05. The molecule has 1 aliphatic rings. The molecule has 0 spiro atoms. The number of hydrogen-bond acceptors (Lipinski definition) is 6. The van der Waals surface area contributed by atoms with Crippen molar-refractivity contribution in [2.45, 2.75) is 6.92 Å². The van der Waals surface area contributed by atoms with E-state index in [4.69, 9.17) is 21.7 Å². The lowest BCUT2D eigenvalue weighted by Gasteiger charge is -2.14. The number of amides is 1. The van der Waals surface area contributed by atoms with Crippen LogP contribution >= 0.6 is 24.0 Å². The number of carbonyl (C=O) groups is 2. The largest absolute Gasteiger partial charge is 0.493 e. The smallest absolute Gasteiger partial charge is 0.270 e. The molecule has 0 radical (unpaired) electrons. The number of Topliss-reactive ketones (excluding diaryl/α,β-unsaturated/α-hetero) is 1. The summed E-state index contributed by atoms with van der Waals surface area (Å²) in [5.41, 5.74) is 1.94. The lowest BCUT2D eigenvalue weighted by atomic mass is 10.1. The predicted molar refractivity (Wildman–Crippen MR) is 112 cm³/mol. The van der Waals surface area contributed by atoms with Gasteiger partial charge >= 0.3 is 0 Å². The van der Waals surface area contributed by atoms with Crippen molar-refractivity contribution in [1.82, 2.24) is 0 Å². The average Bonchev–Trinajstić information content (AvgIpc) is 2.94. The highest BCUT2D eigenvalue weighted by Gasteiger charge is 2.33. The van der Waals surface area contributed by atoms with Crippen molar-refractivity contribution >= 4 is 51.8 Å². The topological polar surface area (TPSA) is 55.8 Å². The summed E-state index contributed by atoms with van der Waals surface area (Å²) in [6.07, 6.45) is 1.74. The fourth-order valence-electron chi connectivity index (χ4n) is 2.70. The molecule has 0 atom stereocenters. The van der Waals surface area contributed by atoms with Crippen LogP contribution in [0.25, 0.3) is 6.08 Å². The number of para-hydroxylation sites is 1. The van der Waals surface area contributed by atoms with Gasteiger partial charge in [-0.15, -0.1) is 0 Å². The van der Waals surface area contributed by atoms with Gasteiger partial charge in [0, 0.05) is 11.1 Å². The van der Waals surface area contributed by atoms with Crippen LogP contribution in [-0.4, -0.2) is 30.2 Å². The van der Waals surface area contributed by atoms with Crippen molar-refractivity contribution in [1.29, 1.82) is 0 Å². The molecule has 1 aliphatic heterocycles. The van der Waals surface area contributed by atoms with Gasteiger partial charge in [-0.3, -0.25) is 14.5 Å². The molecule has 2 aromatic carbocycles. The first-order chi connectivity index (χ1) is 13.0. The number of ketones is 1. The summed E-state index contributed by atoms with van der Waals surface area (Å²) in [7, 11) is 3.11. The average molecular weight is 399 g/mol. The van der Waals surface area contributed by atoms with Gasteiger partial charge < -0.3 is 9.47 Å². The van der Waals surface area contributed by atoms with Crippen molar-refractivity contribution in [3.63, 3.8) is 0 Å². The molecule has 0 unspecified atom stereocenters. The van der Waals surface area contributed by atoms with Gasteiger partial charge in [-0.25, -0.2) is 0 Å². The van der Waals surface area contributed by atoms with Crippen LogP contribution in [0.4, 0.5) is 5.69 Å². The van der Waals surface area contributed by atoms with Crippen molar-refractivity contribution in [2.75, 3.05) is 19.1 Å². The van der Waals surface area contributed by atoms with Gasteiger partial charge in [0.2, 0.25) is 0 Å². The van der Waals surface area contributed by atoms with E-state index >= 15 is 0 Å². The van der Waals surface area contributed by atoms with Crippen molar-refractivity contribution in [3.8, 4) is 11.5 Å². The molecule has 1 saturated heterocycles. The summed E-state index contributed by atoms with van der Waals surface area (Å²) >= 11 is 6.61. The molecule has 0 bridgehead atoms. The molecule has 0 aromatic heterocycles. The number of benzene rings is 2. The number of methoxy groups -OCH3 is 2. The van der Waals surface area contributed by atoms with Gasteiger partial charge in [0.25, 0.3) is 5.91 Å². The number of ether oxygens (including phenoxy) is 2. The first kappa shape index (κ1) is 19.1. The molecular weight excluding hydrogens is 382 g/mol. The highest BCUT2D eigenvalue weighted by atomic mass is 32.2. The molecule has 3 rings (SSSR count). The zero-order chi connectivity index (χ0) is 19.6. The fourth-order valence-corrected chi connectivity index (χ4v) is 3.99. The Morgan fingerprint density at radius 2 is 1.81 bits per heavy atom. The Kier molecular flexibility index (Phi) is 5.62. The number of thioether (sulfide) groups is 1. The maximum absolute atomic E-state index is 12.9. The van der Waals surface area contributed by atoms with Crippen molar-refractivity contribution < 1.29 is 19.1 Å². The van der Waals surface area contributed by atoms with Crippen LogP contribution in [0.3, 0.4) is 0 Å². The highest BCUT2D eigenvalue weighted by Crippen LogP contribution is 2.39. The minimum atomic E-state index is -0.217. The molecule has 1 fully saturated rings. The first-order valence-electron chi connectivity index (χ1n) is 8.06. The summed E-state index contributed by atoms with van der Waals surface area (Å²) in [5.74, 6) is 0.889. The standard InChI is InChI=1S/C20H17NO4S2/c1-12(22)13-7-9-15(10-8-13)21-19(23)17(27-20(21)26)11-14-5-4-6-16(24-2)18(14)25-3/h4-11H,1-3H3. The second-order valence-electron chi connectivity index (χ2n) is 5.70. The molecular formula is C20H17NO4S2. The summed E-state index contributed by atoms with van der Waals surface area (Å²) in [6, 6.07) is 12.3. The summed E-state index contributed by atoms with van der Waals surface area (Å²) in [4.78, 5) is 26.3. The zero-order valence-electron chi connectivity index (χ0n) is 15.0. The minimum Gasteiger partial charge on any atom is -0.493 e. The van der Waals surface area contributed by atoms with E-state index in [2.05, 4.69) is 0 Å². The maximum atomic E-state index is 12.9. The summed E-state index contributed by atoms with van der Waals surface area (Å²) in [6.45, 7) is 1.50. The van der Waals surface area contributed by atoms with Crippen LogP contribution in [0.5, 0.6) is 11.5 Å². The van der Waals surface area contributed by atoms with Crippen LogP contribution in [0, 0.1) is 0 Å². The fraction of sp³-hybridized carbons (Fsp3) is 0.150. The number of rotatable bonds is 5. The number of hydrogen-bond donors (Lipinski definition) is 0. The van der Waals surface area contributed by atoms with Crippen LogP contribution in [0.15, 0.2) is 47.4 Å². The van der Waals surface area contributed by atoms with Gasteiger partial charge in [-0.1, -0.05) is 36.1 Å². The van der Waals surface area contributed by atoms with Crippen molar-refractivity contribution in [2.24, 2.45) is 0 Å². The number of anilines is 1. The third-order valence-corrected chi connectivity index (χ3v) is 5.35. The van der Waals surface area contributed by atoms with E-state index in [1.54, 1.807) is 50.6 Å². The number of thiocarbonyl (C=S) groups is 1. The number of carbonyl (C=O) groups excluding carboxylic acids is 2. The third kappa shape index (κ3) is 3.74. The molecule has 0 saturated carbocycles. The quantitative estimate of drug-likeness (QED) is 0.424. The Morgan fingerprint density at radius 1 is 1.11 bits per heavy atom. The lowest BCUT2D eigenvalue weighted by molar-refractivity contribution is -0.113. The van der Waals surface area contributed by atoms with Gasteiger partial charge in [-0.05, 0) is 43.3 Å². The predicted octanol–water partition coefficient (Wildman–Crippen LogP) is 4.31. The Balaban J connectivity index is 1.95. The molecule has 0 N–H and O–H groups in total. The zero-order valence-corrected chi connectivity index (χ0v) is 16.6. The second kappa shape index (κ2) is 7.94. The van der Waals surface area contributed by atoms with Gasteiger partial charge in [0.15, 0.2) is 21.6 Å². The van der Waals surface area contributed by atoms with E-state index in [1.807, 2.05) is 12.1 Å². The Hall–Kier alpha value is -2.64. The van der Waals surface area contributed by atoms with Crippen LogP contribution in [0.1, 0.15) is 22.8 Å². The minimum absolute atomic E-state index is 0.0306. The molecule has 1 amide bonds. The van der Waals surface area contributed by atoms with Crippen LogP contribution in [0.2, 0.25) is 0 Å². The van der Waals surface area contributed by atoms with Crippen molar-refractivity contribution in [3.05, 3.63) is 58.5 Å². The van der Waals surface area contributed by atoms with E-state index in [0.29, 0.717) is 32.0 Å². The van der Waals surface area contributed by atoms with Crippen LogP contribution < -0.4 is 14.4 Å². The van der Waals surface area contributed by atoms with Gasteiger partial charge in [-0.2, -0.15) is 0 Å². The molecule has 2 aromatic rings. The summed E-state index contributed by atoms with van der Waals surface area (Å²) in [5, 5.41) is 0. The normalized spacial score (nSPS) is 15.4. The van der Waals surface area contributed by atoms with E-state index < -0.39 is 0 Å². The molecule has 7 heteroatoms. The Bertz CT molecular complexity index is 951. The molecule has 138 valence electrons. The summed E-state index contributed by atoms with van der Waals surface area (Å²) < 4.78 is 11.2. The lowest BCUT2D eigenvalue weighted by Crippen LogP contribution is -2.27. The SMILES string of the molecule is COc1cccc(C=C2SC(=S)N(c3ccc(C(C)=O)cc3)C2=O)c1OC. The maximum Gasteiger partial charge on any atom is 0.270 e. The van der Waals surface area contributed by atoms with Gasteiger partial charge in [0.1, 0.15) is 0 Å². The monoisotopic (exact) mass is 399 g/mol. The highest BCUT2D eigenvalue weighted by molar-refractivity contribution is 8.27. The molecule has 0 aliphatic carbocycles. The van der Waals surface area contributed by atoms with Crippen LogP contribution in [-0.2, 0) is 4.79 Å². The van der Waals surface area contributed by atoms with E-state index in [0.717, 1.165) is 5.56 Å². The first-order valence-corrected chi connectivity index (χ1v) is 9.28. The molecule has 5 nitrogen and oxygen atoms in total. The van der Waals surface area contributed by atoms with E-state index in [-0.39, 0.29) is 11.7 Å². The second-order valence-corrected chi connectivity index (χ2v) is 7.38. The number of nitrogens with zero attached hydrogens (tertiary/aromatic N) is 1. The molecule has 1 heterocycles. The van der Waals surface area contributed by atoms with E-state index in [9.17, 15) is 9.59 Å². The molecule has 27 heavy (non-hydrogen) atoms. The van der Waals surface area contributed by atoms with Gasteiger partial charge in [0.05, 0.1) is 24.8 Å². The Labute approximate surface area is 167 Å².